The van der Waals surface area contributed by atoms with E-state index >= 15 is 0 Å². The molecule has 0 spiro atoms. The van der Waals surface area contributed by atoms with Crippen LogP contribution in [0.25, 0.3) is 33.5 Å². The minimum atomic E-state index is 0.389. The van der Waals surface area contributed by atoms with Gasteiger partial charge in [-0.1, -0.05) is 26.7 Å². The molecule has 0 aliphatic carbocycles. The zero-order valence-corrected chi connectivity index (χ0v) is 32.3. The number of nitrogens with zero attached hydrogens (tertiary/aromatic N) is 11. The maximum Gasteiger partial charge on any atom is 0.183 e. The molecule has 17 nitrogen and oxygen atoms in total. The number of ether oxygens (including phenoxy) is 2. The summed E-state index contributed by atoms with van der Waals surface area (Å²) in [5.41, 5.74) is 21.3. The number of benzene rings is 1. The van der Waals surface area contributed by atoms with Gasteiger partial charge in [0.2, 0.25) is 0 Å². The van der Waals surface area contributed by atoms with Crippen LogP contribution < -0.4 is 26.7 Å². The second-order valence-corrected chi connectivity index (χ2v) is 13.2. The zero-order valence-electron chi connectivity index (χ0n) is 28.3. The number of aromatic nitrogens is 12. The monoisotopic (exact) mass is 841 g/mol. The molecule has 6 aromatic heterocycles. The number of hydrogen-bond acceptors (Lipinski definition) is 15. The van der Waals surface area contributed by atoms with E-state index in [9.17, 15) is 0 Å². The Morgan fingerprint density at radius 2 is 1.35 bits per heavy atom. The minimum Gasteiger partial charge on any atom is -0.497 e. The van der Waals surface area contributed by atoms with Crippen molar-refractivity contribution < 1.29 is 9.47 Å². The summed E-state index contributed by atoms with van der Waals surface area (Å²) >= 11 is 8.07. The first kappa shape index (κ1) is 37.4. The zero-order chi connectivity index (χ0) is 36.5. The smallest absolute Gasteiger partial charge is 0.183 e. The number of aromatic amines is 1. The summed E-state index contributed by atoms with van der Waals surface area (Å²) in [4.78, 5) is 41.0. The van der Waals surface area contributed by atoms with Crippen molar-refractivity contribution in [1.82, 2.24) is 59.0 Å². The van der Waals surface area contributed by atoms with Crippen LogP contribution in [0.15, 0.2) is 56.7 Å². The number of fused-ring (bicyclic) bond motifs is 3. The Morgan fingerprint density at radius 1 is 0.745 bits per heavy atom. The van der Waals surface area contributed by atoms with Gasteiger partial charge in [-0.25, -0.2) is 44.9 Å². The summed E-state index contributed by atoms with van der Waals surface area (Å²) in [6.45, 7) is 6.01. The van der Waals surface area contributed by atoms with Gasteiger partial charge in [0, 0.05) is 13.1 Å². The Labute approximate surface area is 313 Å². The first-order chi connectivity index (χ1) is 24.7. The lowest BCUT2D eigenvalue weighted by Gasteiger charge is -2.11. The number of nitrogens with two attached hydrogens (primary N) is 3. The van der Waals surface area contributed by atoms with Crippen LogP contribution in [0.3, 0.4) is 0 Å². The molecule has 0 saturated heterocycles. The number of halogens is 2. The SMILES string of the molecule is CCCCn1c(Br)nc2c(N)ncnc21.CCCCn1c(Sc2cc(OC)ccc2OC)nc2c(N)ncnc21.Nc1ncnc2nc(Br)[nH]c12. The molecule has 51 heavy (non-hydrogen) atoms. The van der Waals surface area contributed by atoms with E-state index in [1.54, 1.807) is 14.2 Å². The van der Waals surface area contributed by atoms with Crippen molar-refractivity contribution in [2.45, 2.75) is 62.7 Å². The van der Waals surface area contributed by atoms with Crippen LogP contribution >= 0.6 is 43.6 Å². The molecule has 7 rings (SSSR count). The number of imidazole rings is 3. The Morgan fingerprint density at radius 3 is 1.98 bits per heavy atom. The van der Waals surface area contributed by atoms with Gasteiger partial charge in [-0.3, -0.25) is 0 Å². The lowest BCUT2D eigenvalue weighted by Crippen LogP contribution is -2.02. The van der Waals surface area contributed by atoms with Crippen molar-refractivity contribution in [3.63, 3.8) is 0 Å². The molecule has 0 saturated carbocycles. The molecule has 0 unspecified atom stereocenters. The predicted molar refractivity (Wildman–Crippen MR) is 204 cm³/mol. The van der Waals surface area contributed by atoms with Crippen LogP contribution in [0.5, 0.6) is 11.5 Å². The number of nitrogen functional groups attached to an aromatic ring is 3. The standard InChI is InChI=1S/C17H21N5O2S.C9H12BrN5.C5H4BrN5/c1-4-5-8-22-16-14(15(18)19-10-20-16)21-17(22)25-13-9-11(23-2)6-7-12(13)24-3;1-2-3-4-15-8-6(14-9(15)10)7(11)12-5-13-8;6-5-10-2-3(7)8-1-9-4(2)11-5/h6-7,9-10H,4-5,8H2,1-3H3,(H2,18,19,20);5H,2-4H2,1H3,(H2,11,12,13);1H,(H3,7,8,9,10,11). The first-order valence-corrected chi connectivity index (χ1v) is 18.2. The number of hydrogen-bond donors (Lipinski definition) is 4. The third-order valence-electron chi connectivity index (χ3n) is 7.37. The average molecular weight is 844 g/mol. The molecule has 0 radical (unpaired) electrons. The fourth-order valence-electron chi connectivity index (χ4n) is 4.75. The topological polar surface area (TPSA) is 238 Å². The number of unbranched alkanes of at least 4 members (excludes halogenated alkanes) is 2. The largest absolute Gasteiger partial charge is 0.497 e. The van der Waals surface area contributed by atoms with Gasteiger partial charge in [-0.15, -0.1) is 0 Å². The molecule has 20 heteroatoms. The predicted octanol–water partition coefficient (Wildman–Crippen LogP) is 6.05. The van der Waals surface area contributed by atoms with Gasteiger partial charge in [0.15, 0.2) is 60.1 Å². The van der Waals surface area contributed by atoms with Gasteiger partial charge in [0.05, 0.1) is 19.1 Å². The number of anilines is 3. The molecule has 7 aromatic rings. The second-order valence-electron chi connectivity index (χ2n) is 10.8. The average Bonchev–Trinajstić information content (AvgIpc) is 3.80. The number of nitrogens with one attached hydrogen (secondary N) is 1. The van der Waals surface area contributed by atoms with Gasteiger partial charge in [-0.05, 0) is 74.7 Å². The molecule has 6 heterocycles. The van der Waals surface area contributed by atoms with Crippen molar-refractivity contribution in [2.75, 3.05) is 31.4 Å². The van der Waals surface area contributed by atoms with E-state index < -0.39 is 0 Å². The highest BCUT2D eigenvalue weighted by Gasteiger charge is 2.18. The summed E-state index contributed by atoms with van der Waals surface area (Å²) in [7, 11) is 3.29. The Kier molecular flexibility index (Phi) is 12.8. The van der Waals surface area contributed by atoms with Crippen molar-refractivity contribution in [3.8, 4) is 11.5 Å². The van der Waals surface area contributed by atoms with Gasteiger partial charge in [0.1, 0.15) is 36.0 Å². The van der Waals surface area contributed by atoms with Crippen LogP contribution in [0, 0.1) is 0 Å². The molecule has 0 bridgehead atoms. The van der Waals surface area contributed by atoms with E-state index in [1.165, 1.54) is 30.7 Å². The van der Waals surface area contributed by atoms with E-state index in [0.29, 0.717) is 44.4 Å². The highest BCUT2D eigenvalue weighted by atomic mass is 79.9. The van der Waals surface area contributed by atoms with Crippen molar-refractivity contribution >= 4 is 94.6 Å². The third kappa shape index (κ3) is 8.74. The quantitative estimate of drug-likeness (QED) is 0.115. The summed E-state index contributed by atoms with van der Waals surface area (Å²) in [6.07, 6.45) is 8.65. The molecule has 0 atom stereocenters. The lowest BCUT2D eigenvalue weighted by atomic mass is 10.3. The molecule has 0 fully saturated rings. The highest BCUT2D eigenvalue weighted by Crippen LogP contribution is 2.38. The third-order valence-corrected chi connectivity index (χ3v) is 9.38. The van der Waals surface area contributed by atoms with Gasteiger partial charge in [-0.2, -0.15) is 0 Å². The second kappa shape index (κ2) is 17.4. The molecule has 1 aromatic carbocycles. The summed E-state index contributed by atoms with van der Waals surface area (Å²) in [6, 6.07) is 5.68. The Bertz CT molecular complexity index is 2240. The minimum absolute atomic E-state index is 0.389. The number of aryl methyl sites for hydroxylation is 2. The van der Waals surface area contributed by atoms with Crippen molar-refractivity contribution in [2.24, 2.45) is 0 Å². The normalized spacial score (nSPS) is 10.9. The Hall–Kier alpha value is -4.82. The maximum absolute atomic E-state index is 5.98. The van der Waals surface area contributed by atoms with Gasteiger partial charge in [0.25, 0.3) is 0 Å². The lowest BCUT2D eigenvalue weighted by molar-refractivity contribution is 0.394. The number of rotatable bonds is 10. The summed E-state index contributed by atoms with van der Waals surface area (Å²) < 4.78 is 16.3. The first-order valence-electron chi connectivity index (χ1n) is 15.8. The summed E-state index contributed by atoms with van der Waals surface area (Å²) in [5.74, 6) is 2.75. The molecular formula is C31H37Br2N15O2S. The van der Waals surface area contributed by atoms with E-state index in [-0.39, 0.29) is 0 Å². The van der Waals surface area contributed by atoms with Crippen LogP contribution in [-0.2, 0) is 13.1 Å². The van der Waals surface area contributed by atoms with Crippen LogP contribution in [0.4, 0.5) is 17.5 Å². The van der Waals surface area contributed by atoms with E-state index in [0.717, 1.165) is 76.4 Å². The van der Waals surface area contributed by atoms with Crippen LogP contribution in [0.2, 0.25) is 0 Å². The summed E-state index contributed by atoms with van der Waals surface area (Å²) in [5, 5.41) is 0.808. The highest BCUT2D eigenvalue weighted by molar-refractivity contribution is 9.10. The molecular weight excluding hydrogens is 806 g/mol. The number of methoxy groups -OCH3 is 2. The molecule has 7 N–H and O–H groups in total. The molecule has 0 amide bonds. The molecule has 0 aliphatic rings. The molecule has 0 aliphatic heterocycles. The number of H-pyrrole nitrogens is 1. The van der Waals surface area contributed by atoms with E-state index in [4.69, 9.17) is 26.7 Å². The van der Waals surface area contributed by atoms with E-state index in [2.05, 4.69) is 100 Å². The Balaban J connectivity index is 0.000000163. The van der Waals surface area contributed by atoms with Gasteiger partial charge < -0.3 is 40.8 Å². The molecule has 268 valence electrons. The van der Waals surface area contributed by atoms with Crippen molar-refractivity contribution in [3.05, 3.63) is 46.6 Å². The van der Waals surface area contributed by atoms with Gasteiger partial charge >= 0.3 is 0 Å². The fourth-order valence-corrected chi connectivity index (χ4v) is 6.69. The fraction of sp³-hybridized carbons (Fsp3) is 0.323. The maximum atomic E-state index is 5.98. The van der Waals surface area contributed by atoms with E-state index in [1.807, 2.05) is 22.8 Å². The van der Waals surface area contributed by atoms with Crippen LogP contribution in [-0.4, -0.2) is 73.2 Å². The van der Waals surface area contributed by atoms with Crippen molar-refractivity contribution in [1.29, 1.82) is 0 Å². The van der Waals surface area contributed by atoms with Crippen LogP contribution in [0.1, 0.15) is 39.5 Å².